The van der Waals surface area contributed by atoms with Crippen LogP contribution >= 0.6 is 11.3 Å². The van der Waals surface area contributed by atoms with Gasteiger partial charge in [-0.1, -0.05) is 6.07 Å². The van der Waals surface area contributed by atoms with Gasteiger partial charge in [0.2, 0.25) is 5.91 Å². The lowest BCUT2D eigenvalue weighted by atomic mass is 10.3. The van der Waals surface area contributed by atoms with E-state index in [1.807, 2.05) is 6.07 Å². The molecule has 2 N–H and O–H groups in total. The maximum atomic E-state index is 11.5. The second kappa shape index (κ2) is 5.46. The fourth-order valence-corrected chi connectivity index (χ4v) is 2.29. The summed E-state index contributed by atoms with van der Waals surface area (Å²) in [4.78, 5) is 12.8. The lowest BCUT2D eigenvalue weighted by Gasteiger charge is -2.11. The first kappa shape index (κ1) is 11.6. The zero-order valence-electron chi connectivity index (χ0n) is 9.53. The first-order chi connectivity index (χ1) is 7.75. The molecule has 1 aliphatic carbocycles. The summed E-state index contributed by atoms with van der Waals surface area (Å²) in [5.74, 6) is 0.856. The average Bonchev–Trinajstić information content (AvgIpc) is 2.95. The smallest absolute Gasteiger partial charge is 0.233 e. The first-order valence-corrected chi connectivity index (χ1v) is 6.67. The molecular formula is C12H18N2OS. The van der Waals surface area contributed by atoms with E-state index in [1.165, 1.54) is 17.7 Å². The Bertz CT molecular complexity index is 333. The number of thiophene rings is 1. The van der Waals surface area contributed by atoms with Crippen molar-refractivity contribution in [2.75, 3.05) is 13.1 Å². The van der Waals surface area contributed by atoms with E-state index in [-0.39, 0.29) is 11.9 Å². The minimum atomic E-state index is 0.107. The summed E-state index contributed by atoms with van der Waals surface area (Å²) in [6, 6.07) is 4.38. The van der Waals surface area contributed by atoms with Crippen LogP contribution in [0.5, 0.6) is 0 Å². The van der Waals surface area contributed by atoms with Crippen molar-refractivity contribution in [3.63, 3.8) is 0 Å². The van der Waals surface area contributed by atoms with Crippen molar-refractivity contribution in [2.24, 2.45) is 5.92 Å². The standard InChI is InChI=1S/C12H18N2OS/c1-9(11-3-2-6-16-11)13-8-12(15)14-7-10-4-5-10/h2-3,6,9-10,13H,4-5,7-8H2,1H3,(H,14,15). The van der Waals surface area contributed by atoms with Gasteiger partial charge in [-0.3, -0.25) is 4.79 Å². The van der Waals surface area contributed by atoms with Crippen LogP contribution in [0.3, 0.4) is 0 Å². The van der Waals surface area contributed by atoms with Gasteiger partial charge in [-0.05, 0) is 37.1 Å². The second-order valence-corrected chi connectivity index (χ2v) is 5.34. The highest BCUT2D eigenvalue weighted by Gasteiger charge is 2.21. The summed E-state index contributed by atoms with van der Waals surface area (Å²) in [7, 11) is 0. The quantitative estimate of drug-likeness (QED) is 0.795. The van der Waals surface area contributed by atoms with Crippen LogP contribution in [0, 0.1) is 5.92 Å². The molecule has 0 bridgehead atoms. The summed E-state index contributed by atoms with van der Waals surface area (Å²) in [5, 5.41) is 8.23. The van der Waals surface area contributed by atoms with Gasteiger partial charge in [-0.25, -0.2) is 0 Å². The second-order valence-electron chi connectivity index (χ2n) is 4.37. The van der Waals surface area contributed by atoms with Gasteiger partial charge in [0, 0.05) is 17.5 Å². The van der Waals surface area contributed by atoms with Crippen LogP contribution in [0.15, 0.2) is 17.5 Å². The monoisotopic (exact) mass is 238 g/mol. The van der Waals surface area contributed by atoms with Crippen molar-refractivity contribution >= 4 is 17.2 Å². The maximum absolute atomic E-state index is 11.5. The van der Waals surface area contributed by atoms with E-state index < -0.39 is 0 Å². The minimum Gasteiger partial charge on any atom is -0.355 e. The Kier molecular flexibility index (Phi) is 3.96. The summed E-state index contributed by atoms with van der Waals surface area (Å²) in [6.07, 6.45) is 2.55. The number of amides is 1. The van der Waals surface area contributed by atoms with Crippen LogP contribution in [0.4, 0.5) is 0 Å². The number of carbonyl (C=O) groups is 1. The number of carbonyl (C=O) groups excluding carboxylic acids is 1. The Labute approximate surface area is 100 Å². The van der Waals surface area contributed by atoms with Crippen LogP contribution in [0.25, 0.3) is 0 Å². The Hall–Kier alpha value is -0.870. The SMILES string of the molecule is CC(NCC(=O)NCC1CC1)c1cccs1. The Balaban J connectivity index is 1.64. The molecule has 1 aliphatic rings. The zero-order valence-corrected chi connectivity index (χ0v) is 10.3. The molecule has 2 rings (SSSR count). The van der Waals surface area contributed by atoms with E-state index >= 15 is 0 Å². The number of hydrogen-bond acceptors (Lipinski definition) is 3. The summed E-state index contributed by atoms with van der Waals surface area (Å²) in [6.45, 7) is 3.35. The fourth-order valence-electron chi connectivity index (χ4n) is 1.53. The van der Waals surface area contributed by atoms with Crippen LogP contribution in [0.1, 0.15) is 30.7 Å². The lowest BCUT2D eigenvalue weighted by molar-refractivity contribution is -0.120. The molecule has 1 fully saturated rings. The molecule has 1 saturated carbocycles. The third-order valence-corrected chi connectivity index (χ3v) is 3.88. The van der Waals surface area contributed by atoms with Gasteiger partial charge in [-0.2, -0.15) is 0 Å². The molecule has 1 amide bonds. The van der Waals surface area contributed by atoms with Crippen molar-refractivity contribution in [1.82, 2.24) is 10.6 Å². The van der Waals surface area contributed by atoms with E-state index in [4.69, 9.17) is 0 Å². The predicted molar refractivity (Wildman–Crippen MR) is 66.5 cm³/mol. The van der Waals surface area contributed by atoms with Crippen LogP contribution in [-0.4, -0.2) is 19.0 Å². The van der Waals surface area contributed by atoms with E-state index in [1.54, 1.807) is 11.3 Å². The Morgan fingerprint density at radius 1 is 1.62 bits per heavy atom. The number of nitrogens with one attached hydrogen (secondary N) is 2. The molecule has 0 aromatic carbocycles. The number of rotatable bonds is 6. The van der Waals surface area contributed by atoms with E-state index in [2.05, 4.69) is 29.0 Å². The normalized spacial score (nSPS) is 17.1. The zero-order chi connectivity index (χ0) is 11.4. The summed E-state index contributed by atoms with van der Waals surface area (Å²) < 4.78 is 0. The van der Waals surface area contributed by atoms with Gasteiger partial charge in [-0.15, -0.1) is 11.3 Å². The molecular weight excluding hydrogens is 220 g/mol. The minimum absolute atomic E-state index is 0.107. The molecule has 88 valence electrons. The maximum Gasteiger partial charge on any atom is 0.233 e. The van der Waals surface area contributed by atoms with Crippen molar-refractivity contribution in [3.05, 3.63) is 22.4 Å². The summed E-state index contributed by atoms with van der Waals surface area (Å²) in [5.41, 5.74) is 0. The van der Waals surface area contributed by atoms with E-state index in [0.717, 1.165) is 12.5 Å². The summed E-state index contributed by atoms with van der Waals surface area (Å²) >= 11 is 1.72. The Morgan fingerprint density at radius 2 is 2.44 bits per heavy atom. The van der Waals surface area contributed by atoms with Gasteiger partial charge in [0.05, 0.1) is 6.54 Å². The van der Waals surface area contributed by atoms with E-state index in [9.17, 15) is 4.79 Å². The molecule has 0 aliphatic heterocycles. The molecule has 0 spiro atoms. The molecule has 0 radical (unpaired) electrons. The molecule has 16 heavy (non-hydrogen) atoms. The third-order valence-electron chi connectivity index (χ3n) is 2.82. The first-order valence-electron chi connectivity index (χ1n) is 5.79. The lowest BCUT2D eigenvalue weighted by Crippen LogP contribution is -2.35. The topological polar surface area (TPSA) is 41.1 Å². The van der Waals surface area contributed by atoms with Gasteiger partial charge < -0.3 is 10.6 Å². The highest BCUT2D eigenvalue weighted by Crippen LogP contribution is 2.27. The molecule has 1 unspecified atom stereocenters. The highest BCUT2D eigenvalue weighted by molar-refractivity contribution is 7.10. The van der Waals surface area contributed by atoms with Crippen molar-refractivity contribution < 1.29 is 4.79 Å². The molecule has 1 heterocycles. The van der Waals surface area contributed by atoms with Crippen LogP contribution in [-0.2, 0) is 4.79 Å². The predicted octanol–water partition coefficient (Wildman–Crippen LogP) is 1.92. The largest absolute Gasteiger partial charge is 0.355 e. The van der Waals surface area contributed by atoms with E-state index in [0.29, 0.717) is 6.54 Å². The van der Waals surface area contributed by atoms with Gasteiger partial charge in [0.15, 0.2) is 0 Å². The molecule has 1 aromatic rings. The van der Waals surface area contributed by atoms with Gasteiger partial charge in [0.1, 0.15) is 0 Å². The fraction of sp³-hybridized carbons (Fsp3) is 0.583. The van der Waals surface area contributed by atoms with Crippen molar-refractivity contribution in [2.45, 2.75) is 25.8 Å². The third kappa shape index (κ3) is 3.61. The van der Waals surface area contributed by atoms with Crippen LogP contribution in [0.2, 0.25) is 0 Å². The number of hydrogen-bond donors (Lipinski definition) is 2. The molecule has 1 aromatic heterocycles. The molecule has 0 saturated heterocycles. The van der Waals surface area contributed by atoms with Crippen molar-refractivity contribution in [1.29, 1.82) is 0 Å². The molecule has 1 atom stereocenters. The van der Waals surface area contributed by atoms with Crippen LogP contribution < -0.4 is 10.6 Å². The van der Waals surface area contributed by atoms with Gasteiger partial charge >= 0.3 is 0 Å². The molecule has 4 heteroatoms. The molecule has 3 nitrogen and oxygen atoms in total. The average molecular weight is 238 g/mol. The van der Waals surface area contributed by atoms with Gasteiger partial charge in [0.25, 0.3) is 0 Å². The highest BCUT2D eigenvalue weighted by atomic mass is 32.1. The Morgan fingerprint density at radius 3 is 3.06 bits per heavy atom. The van der Waals surface area contributed by atoms with Crippen molar-refractivity contribution in [3.8, 4) is 0 Å².